The van der Waals surface area contributed by atoms with Crippen molar-refractivity contribution >= 4 is 52.5 Å². The minimum atomic E-state index is -0.581. The Balaban J connectivity index is 2.25. The largest absolute Gasteiger partial charge is 0.495 e. The number of ether oxygens (including phenoxy) is 1. The fraction of sp³-hybridized carbons (Fsp3) is 0.0588. The first-order valence-corrected chi connectivity index (χ1v) is 7.79. The Kier molecular flexibility index (Phi) is 6.10. The van der Waals surface area contributed by atoms with Gasteiger partial charge in [-0.2, -0.15) is 5.26 Å². The van der Waals surface area contributed by atoms with Crippen LogP contribution in [0.4, 0.5) is 5.69 Å². The average molecular weight is 382 g/mol. The summed E-state index contributed by atoms with van der Waals surface area (Å²) in [5.41, 5.74) is 0.898. The molecular formula is C17H11Cl3N2O2. The second-order valence-corrected chi connectivity index (χ2v) is 5.96. The Morgan fingerprint density at radius 3 is 2.38 bits per heavy atom. The third kappa shape index (κ3) is 4.65. The highest BCUT2D eigenvalue weighted by atomic mass is 35.5. The normalized spacial score (nSPS) is 10.9. The molecule has 0 unspecified atom stereocenters. The van der Waals surface area contributed by atoms with Crippen LogP contribution in [0.2, 0.25) is 15.1 Å². The van der Waals surface area contributed by atoms with Gasteiger partial charge in [0.1, 0.15) is 17.4 Å². The van der Waals surface area contributed by atoms with Gasteiger partial charge in [0.05, 0.1) is 12.1 Å². The van der Waals surface area contributed by atoms with E-state index in [0.717, 1.165) is 0 Å². The number of nitrogens with zero attached hydrogens (tertiary/aromatic N) is 1. The van der Waals surface area contributed by atoms with Gasteiger partial charge in [0.15, 0.2) is 0 Å². The van der Waals surface area contributed by atoms with Gasteiger partial charge in [-0.25, -0.2) is 0 Å². The molecular weight excluding hydrogens is 371 g/mol. The van der Waals surface area contributed by atoms with Crippen LogP contribution in [-0.4, -0.2) is 13.0 Å². The highest BCUT2D eigenvalue weighted by molar-refractivity contribution is 6.35. The number of benzene rings is 2. The lowest BCUT2D eigenvalue weighted by Gasteiger charge is -2.06. The Bertz CT molecular complexity index is 837. The van der Waals surface area contributed by atoms with Crippen LogP contribution in [0.5, 0.6) is 5.75 Å². The third-order valence-electron chi connectivity index (χ3n) is 2.97. The van der Waals surface area contributed by atoms with Crippen LogP contribution in [0, 0.1) is 11.3 Å². The molecule has 0 aliphatic rings. The Morgan fingerprint density at radius 1 is 1.17 bits per heavy atom. The van der Waals surface area contributed by atoms with Gasteiger partial charge in [-0.15, -0.1) is 0 Å². The van der Waals surface area contributed by atoms with E-state index >= 15 is 0 Å². The van der Waals surface area contributed by atoms with Crippen LogP contribution in [0.3, 0.4) is 0 Å². The first kappa shape index (κ1) is 18.2. The van der Waals surface area contributed by atoms with Crippen LogP contribution in [0.15, 0.2) is 42.0 Å². The van der Waals surface area contributed by atoms with Gasteiger partial charge in [-0.1, -0.05) is 40.9 Å². The van der Waals surface area contributed by atoms with E-state index in [-0.39, 0.29) is 5.57 Å². The molecule has 4 nitrogen and oxygen atoms in total. The number of anilines is 1. The summed E-state index contributed by atoms with van der Waals surface area (Å²) in [5, 5.41) is 12.9. The van der Waals surface area contributed by atoms with E-state index in [1.165, 1.54) is 25.3 Å². The molecule has 7 heteroatoms. The van der Waals surface area contributed by atoms with E-state index in [2.05, 4.69) is 5.32 Å². The van der Waals surface area contributed by atoms with Gasteiger partial charge in [-0.3, -0.25) is 4.79 Å². The number of amides is 1. The molecule has 0 saturated carbocycles. The number of rotatable bonds is 4. The lowest BCUT2D eigenvalue weighted by atomic mass is 10.1. The summed E-state index contributed by atoms with van der Waals surface area (Å²) < 4.78 is 5.06. The zero-order valence-electron chi connectivity index (χ0n) is 12.4. The zero-order valence-corrected chi connectivity index (χ0v) is 14.7. The van der Waals surface area contributed by atoms with Crippen molar-refractivity contribution in [3.8, 4) is 11.8 Å². The number of halogens is 3. The van der Waals surface area contributed by atoms with Crippen LogP contribution < -0.4 is 10.1 Å². The third-order valence-corrected chi connectivity index (χ3v) is 3.70. The maximum atomic E-state index is 12.2. The minimum absolute atomic E-state index is 0.0904. The number of hydrogen-bond donors (Lipinski definition) is 1. The predicted molar refractivity (Wildman–Crippen MR) is 96.7 cm³/mol. The molecule has 1 N–H and O–H groups in total. The number of nitrogens with one attached hydrogen (secondary N) is 1. The second-order valence-electron chi connectivity index (χ2n) is 4.68. The first-order chi connectivity index (χ1) is 11.4. The molecule has 0 fully saturated rings. The van der Waals surface area contributed by atoms with E-state index in [0.29, 0.717) is 32.1 Å². The summed E-state index contributed by atoms with van der Waals surface area (Å²) in [6.07, 6.45) is 1.42. The van der Waals surface area contributed by atoms with Crippen molar-refractivity contribution in [3.05, 3.63) is 62.6 Å². The maximum Gasteiger partial charge on any atom is 0.266 e. The lowest BCUT2D eigenvalue weighted by Crippen LogP contribution is -2.13. The van der Waals surface area contributed by atoms with Crippen LogP contribution in [-0.2, 0) is 4.79 Å². The number of carbonyl (C=O) groups is 1. The molecule has 2 rings (SSSR count). The monoisotopic (exact) mass is 380 g/mol. The average Bonchev–Trinajstić information content (AvgIpc) is 2.51. The van der Waals surface area contributed by atoms with Crippen molar-refractivity contribution in [2.45, 2.75) is 0 Å². The predicted octanol–water partition coefficient (Wildman–Crippen LogP) is 5.20. The molecule has 0 saturated heterocycles. The summed E-state index contributed by atoms with van der Waals surface area (Å²) in [7, 11) is 1.50. The van der Waals surface area contributed by atoms with Gasteiger partial charge in [0, 0.05) is 15.7 Å². The zero-order chi connectivity index (χ0) is 17.7. The number of hydrogen-bond acceptors (Lipinski definition) is 3. The molecule has 0 spiro atoms. The number of carbonyl (C=O) groups excluding carboxylic acids is 1. The summed E-state index contributed by atoms with van der Waals surface area (Å²) >= 11 is 17.8. The molecule has 2 aromatic rings. The fourth-order valence-electron chi connectivity index (χ4n) is 1.91. The topological polar surface area (TPSA) is 62.1 Å². The maximum absolute atomic E-state index is 12.2. The quantitative estimate of drug-likeness (QED) is 0.585. The van der Waals surface area contributed by atoms with Gasteiger partial charge < -0.3 is 10.1 Å². The molecule has 0 aliphatic carbocycles. The van der Waals surface area contributed by atoms with Gasteiger partial charge in [0.2, 0.25) is 0 Å². The van der Waals surface area contributed by atoms with Gasteiger partial charge in [0.25, 0.3) is 5.91 Å². The van der Waals surface area contributed by atoms with Crippen molar-refractivity contribution in [3.63, 3.8) is 0 Å². The van der Waals surface area contributed by atoms with E-state index < -0.39 is 5.91 Å². The van der Waals surface area contributed by atoms with Gasteiger partial charge >= 0.3 is 0 Å². The van der Waals surface area contributed by atoms with E-state index in [1.807, 2.05) is 6.07 Å². The fourth-order valence-corrected chi connectivity index (χ4v) is 2.70. The lowest BCUT2D eigenvalue weighted by molar-refractivity contribution is -0.112. The first-order valence-electron chi connectivity index (χ1n) is 6.65. The smallest absolute Gasteiger partial charge is 0.266 e. The Labute approximate surface area is 154 Å². The molecule has 122 valence electrons. The van der Waals surface area contributed by atoms with Crippen LogP contribution in [0.25, 0.3) is 6.08 Å². The Morgan fingerprint density at radius 2 is 1.83 bits per heavy atom. The Hall–Kier alpha value is -2.19. The van der Waals surface area contributed by atoms with E-state index in [4.69, 9.17) is 39.5 Å². The van der Waals surface area contributed by atoms with E-state index in [1.54, 1.807) is 24.3 Å². The standard InChI is InChI=1S/C17H11Cl3N2O2/c1-24-16-3-2-10(5-15(16)20)4-11(9-21)17(23)22-14-7-12(18)6-13(19)8-14/h2-8H,1H3,(H,22,23)/b11-4+. The molecule has 0 bridgehead atoms. The number of methoxy groups -OCH3 is 1. The molecule has 0 atom stereocenters. The SMILES string of the molecule is COc1ccc(/C=C(\C#N)C(=O)Nc2cc(Cl)cc(Cl)c2)cc1Cl. The summed E-state index contributed by atoms with van der Waals surface area (Å²) in [5.74, 6) is -0.0758. The summed E-state index contributed by atoms with van der Waals surface area (Å²) in [4.78, 5) is 12.2. The van der Waals surface area contributed by atoms with Crippen molar-refractivity contribution in [1.29, 1.82) is 5.26 Å². The molecule has 0 heterocycles. The van der Waals surface area contributed by atoms with Crippen molar-refractivity contribution in [2.75, 3.05) is 12.4 Å². The number of nitriles is 1. The molecule has 0 radical (unpaired) electrons. The van der Waals surface area contributed by atoms with Crippen molar-refractivity contribution < 1.29 is 9.53 Å². The van der Waals surface area contributed by atoms with Crippen LogP contribution in [0.1, 0.15) is 5.56 Å². The minimum Gasteiger partial charge on any atom is -0.495 e. The van der Waals surface area contributed by atoms with Crippen molar-refractivity contribution in [1.82, 2.24) is 0 Å². The highest BCUT2D eigenvalue weighted by Crippen LogP contribution is 2.26. The molecule has 24 heavy (non-hydrogen) atoms. The van der Waals surface area contributed by atoms with Crippen molar-refractivity contribution in [2.24, 2.45) is 0 Å². The molecule has 1 amide bonds. The molecule has 2 aromatic carbocycles. The second kappa shape index (κ2) is 8.07. The van der Waals surface area contributed by atoms with E-state index in [9.17, 15) is 10.1 Å². The molecule has 0 aromatic heterocycles. The summed E-state index contributed by atoms with van der Waals surface area (Å²) in [6, 6.07) is 11.4. The highest BCUT2D eigenvalue weighted by Gasteiger charge is 2.11. The van der Waals surface area contributed by atoms with Gasteiger partial charge in [-0.05, 0) is 42.0 Å². The summed E-state index contributed by atoms with van der Waals surface area (Å²) in [6.45, 7) is 0. The molecule has 0 aliphatic heterocycles. The van der Waals surface area contributed by atoms with Crippen LogP contribution >= 0.6 is 34.8 Å².